The molecule has 5 heteroatoms. The minimum atomic E-state index is 0.195. The van der Waals surface area contributed by atoms with Gasteiger partial charge in [-0.05, 0) is 18.2 Å². The summed E-state index contributed by atoms with van der Waals surface area (Å²) in [5.41, 5.74) is 7.00. The summed E-state index contributed by atoms with van der Waals surface area (Å²) in [5.74, 6) is 1.26. The van der Waals surface area contributed by atoms with Crippen molar-refractivity contribution in [2.45, 2.75) is 19.8 Å². The Balaban J connectivity index is 2.46. The van der Waals surface area contributed by atoms with Crippen LogP contribution in [0.5, 0.6) is 0 Å². The van der Waals surface area contributed by atoms with Gasteiger partial charge in [-0.2, -0.15) is 4.98 Å². The third-order valence-corrected chi connectivity index (χ3v) is 2.50. The number of hydrogen-bond acceptors (Lipinski definition) is 4. The van der Waals surface area contributed by atoms with Crippen molar-refractivity contribution in [1.82, 2.24) is 10.1 Å². The molecule has 0 saturated carbocycles. The zero-order valence-corrected chi connectivity index (χ0v) is 9.82. The number of nitrogens with two attached hydrogens (primary N) is 1. The highest BCUT2D eigenvalue weighted by atomic mass is 35.5. The van der Waals surface area contributed by atoms with Gasteiger partial charge in [0.15, 0.2) is 0 Å². The Kier molecular flexibility index (Phi) is 2.83. The molecule has 0 atom stereocenters. The fourth-order valence-corrected chi connectivity index (χ4v) is 1.50. The molecule has 84 valence electrons. The van der Waals surface area contributed by atoms with Crippen molar-refractivity contribution < 1.29 is 4.52 Å². The number of hydrogen-bond donors (Lipinski definition) is 1. The van der Waals surface area contributed by atoms with E-state index in [4.69, 9.17) is 21.9 Å². The lowest BCUT2D eigenvalue weighted by Crippen LogP contribution is -1.89. The number of aromatic nitrogens is 2. The molecule has 0 spiro atoms. The SMILES string of the molecule is CC(C)c1nc(-c2cc(N)ccc2Cl)no1. The van der Waals surface area contributed by atoms with Crippen molar-refractivity contribution in [3.63, 3.8) is 0 Å². The fraction of sp³-hybridized carbons (Fsp3) is 0.273. The highest BCUT2D eigenvalue weighted by Crippen LogP contribution is 2.28. The summed E-state index contributed by atoms with van der Waals surface area (Å²) in [6, 6.07) is 5.18. The number of nitrogens with zero attached hydrogens (tertiary/aromatic N) is 2. The van der Waals surface area contributed by atoms with E-state index in [-0.39, 0.29) is 5.92 Å². The van der Waals surface area contributed by atoms with Crippen LogP contribution in [-0.4, -0.2) is 10.1 Å². The molecule has 0 aliphatic carbocycles. The van der Waals surface area contributed by atoms with Crippen molar-refractivity contribution in [3.05, 3.63) is 29.1 Å². The molecular formula is C11H12ClN3O. The Morgan fingerprint density at radius 2 is 2.12 bits per heavy atom. The highest BCUT2D eigenvalue weighted by molar-refractivity contribution is 6.33. The molecule has 1 aromatic carbocycles. The van der Waals surface area contributed by atoms with Gasteiger partial charge >= 0.3 is 0 Å². The molecule has 0 fully saturated rings. The lowest BCUT2D eigenvalue weighted by molar-refractivity contribution is 0.365. The molecule has 0 saturated heterocycles. The topological polar surface area (TPSA) is 64.9 Å². The maximum absolute atomic E-state index is 6.04. The van der Waals surface area contributed by atoms with Crippen LogP contribution in [0.3, 0.4) is 0 Å². The predicted molar refractivity (Wildman–Crippen MR) is 63.2 cm³/mol. The average molecular weight is 238 g/mol. The molecule has 4 nitrogen and oxygen atoms in total. The van der Waals surface area contributed by atoms with Gasteiger partial charge in [-0.15, -0.1) is 0 Å². The highest BCUT2D eigenvalue weighted by Gasteiger charge is 2.13. The van der Waals surface area contributed by atoms with Gasteiger partial charge in [0.1, 0.15) is 0 Å². The second-order valence-corrected chi connectivity index (χ2v) is 4.26. The van der Waals surface area contributed by atoms with Crippen molar-refractivity contribution in [1.29, 1.82) is 0 Å². The lowest BCUT2D eigenvalue weighted by atomic mass is 10.2. The summed E-state index contributed by atoms with van der Waals surface area (Å²) >= 11 is 6.04. The minimum Gasteiger partial charge on any atom is -0.399 e. The van der Waals surface area contributed by atoms with Crippen molar-refractivity contribution in [2.24, 2.45) is 0 Å². The van der Waals surface area contributed by atoms with Crippen LogP contribution in [0.1, 0.15) is 25.7 Å². The summed E-state index contributed by atoms with van der Waals surface area (Å²) in [7, 11) is 0. The Bertz CT molecular complexity index is 508. The molecule has 0 bridgehead atoms. The van der Waals surface area contributed by atoms with E-state index < -0.39 is 0 Å². The number of rotatable bonds is 2. The van der Waals surface area contributed by atoms with E-state index in [1.165, 1.54) is 0 Å². The third-order valence-electron chi connectivity index (χ3n) is 2.17. The van der Waals surface area contributed by atoms with Gasteiger partial charge in [0.25, 0.3) is 0 Å². The largest absolute Gasteiger partial charge is 0.399 e. The van der Waals surface area contributed by atoms with E-state index in [2.05, 4.69) is 10.1 Å². The Morgan fingerprint density at radius 1 is 1.38 bits per heavy atom. The minimum absolute atomic E-state index is 0.195. The fourth-order valence-electron chi connectivity index (χ4n) is 1.29. The number of halogens is 1. The molecule has 0 amide bonds. The van der Waals surface area contributed by atoms with Crippen LogP contribution in [0.4, 0.5) is 5.69 Å². The van der Waals surface area contributed by atoms with Gasteiger partial charge < -0.3 is 10.3 Å². The average Bonchev–Trinajstić information content (AvgIpc) is 2.70. The zero-order chi connectivity index (χ0) is 11.7. The molecule has 0 radical (unpaired) electrons. The van der Waals surface area contributed by atoms with Crippen LogP contribution in [-0.2, 0) is 0 Å². The summed E-state index contributed by atoms with van der Waals surface area (Å²) in [6.07, 6.45) is 0. The maximum atomic E-state index is 6.04. The summed E-state index contributed by atoms with van der Waals surface area (Å²) < 4.78 is 5.11. The molecule has 2 aromatic rings. The normalized spacial score (nSPS) is 11.0. The Labute approximate surface area is 98.4 Å². The number of anilines is 1. The second kappa shape index (κ2) is 4.14. The molecular weight excluding hydrogens is 226 g/mol. The molecule has 1 heterocycles. The van der Waals surface area contributed by atoms with Gasteiger partial charge in [-0.1, -0.05) is 30.6 Å². The lowest BCUT2D eigenvalue weighted by Gasteiger charge is -1.99. The van der Waals surface area contributed by atoms with E-state index in [9.17, 15) is 0 Å². The van der Waals surface area contributed by atoms with Gasteiger partial charge in [0.05, 0.1) is 5.02 Å². The van der Waals surface area contributed by atoms with Crippen molar-refractivity contribution in [2.75, 3.05) is 5.73 Å². The van der Waals surface area contributed by atoms with E-state index in [1.54, 1.807) is 18.2 Å². The number of benzene rings is 1. The standard InChI is InChI=1S/C11H12ClN3O/c1-6(2)11-14-10(15-16-11)8-5-7(13)3-4-9(8)12/h3-6H,13H2,1-2H3. The summed E-state index contributed by atoms with van der Waals surface area (Å²) in [5, 5.41) is 4.44. The van der Waals surface area contributed by atoms with Gasteiger partial charge in [-0.3, -0.25) is 0 Å². The van der Waals surface area contributed by atoms with Crippen molar-refractivity contribution >= 4 is 17.3 Å². The smallest absolute Gasteiger partial charge is 0.229 e. The molecule has 16 heavy (non-hydrogen) atoms. The first-order chi connectivity index (χ1) is 7.58. The Hall–Kier alpha value is -1.55. The first-order valence-corrected chi connectivity index (χ1v) is 5.34. The third kappa shape index (κ3) is 2.02. The van der Waals surface area contributed by atoms with Gasteiger partial charge in [0.2, 0.25) is 11.7 Å². The predicted octanol–water partition coefficient (Wildman–Crippen LogP) is 3.10. The van der Waals surface area contributed by atoms with E-state index in [0.717, 1.165) is 0 Å². The second-order valence-electron chi connectivity index (χ2n) is 3.85. The Morgan fingerprint density at radius 3 is 2.75 bits per heavy atom. The molecule has 0 unspecified atom stereocenters. The monoisotopic (exact) mass is 237 g/mol. The van der Waals surface area contributed by atoms with Crippen molar-refractivity contribution in [3.8, 4) is 11.4 Å². The van der Waals surface area contributed by atoms with Gasteiger partial charge in [0, 0.05) is 17.2 Å². The maximum Gasteiger partial charge on any atom is 0.229 e. The van der Waals surface area contributed by atoms with E-state index >= 15 is 0 Å². The number of nitrogen functional groups attached to an aromatic ring is 1. The molecule has 0 aliphatic heterocycles. The van der Waals surface area contributed by atoms with Crippen LogP contribution >= 0.6 is 11.6 Å². The molecule has 1 aromatic heterocycles. The van der Waals surface area contributed by atoms with Gasteiger partial charge in [-0.25, -0.2) is 0 Å². The van der Waals surface area contributed by atoms with Crippen LogP contribution in [0, 0.1) is 0 Å². The molecule has 2 N–H and O–H groups in total. The van der Waals surface area contributed by atoms with Crippen LogP contribution < -0.4 is 5.73 Å². The van der Waals surface area contributed by atoms with Crippen LogP contribution in [0.25, 0.3) is 11.4 Å². The van der Waals surface area contributed by atoms with Crippen LogP contribution in [0.2, 0.25) is 5.02 Å². The quantitative estimate of drug-likeness (QED) is 0.816. The van der Waals surface area contributed by atoms with E-state index in [0.29, 0.717) is 28.0 Å². The molecule has 0 aliphatic rings. The first kappa shape index (κ1) is 11.0. The first-order valence-electron chi connectivity index (χ1n) is 4.97. The summed E-state index contributed by atoms with van der Waals surface area (Å²) in [6.45, 7) is 3.97. The van der Waals surface area contributed by atoms with Crippen LogP contribution in [0.15, 0.2) is 22.7 Å². The molecule has 2 rings (SSSR count). The zero-order valence-electron chi connectivity index (χ0n) is 9.07. The summed E-state index contributed by atoms with van der Waals surface area (Å²) in [4.78, 5) is 4.26. The van der Waals surface area contributed by atoms with E-state index in [1.807, 2.05) is 13.8 Å².